The molecule has 1 unspecified atom stereocenters. The number of hydrogen-bond donors (Lipinski definition) is 1. The lowest BCUT2D eigenvalue weighted by atomic mass is 9.97. The summed E-state index contributed by atoms with van der Waals surface area (Å²) in [6, 6.07) is 9.70. The van der Waals surface area contributed by atoms with E-state index >= 15 is 0 Å². The first kappa shape index (κ1) is 17.6. The fraction of sp³-hybridized carbons (Fsp3) is 0.118. The number of rotatable bonds is 2. The lowest BCUT2D eigenvalue weighted by Crippen LogP contribution is -2.40. The van der Waals surface area contributed by atoms with Crippen molar-refractivity contribution >= 4 is 35.2 Å². The highest BCUT2D eigenvalue weighted by molar-refractivity contribution is 6.33. The summed E-state index contributed by atoms with van der Waals surface area (Å²) in [5, 5.41) is 9.57. The average molecular weight is 389 g/mol. The number of alkyl halides is 3. The molecule has 8 heteroatoms. The van der Waals surface area contributed by atoms with Gasteiger partial charge in [0, 0.05) is 10.6 Å². The molecule has 1 N–H and O–H groups in total. The second-order valence-electron chi connectivity index (χ2n) is 5.33. The number of benzene rings is 2. The number of halogens is 5. The molecule has 2 aromatic rings. The lowest BCUT2D eigenvalue weighted by Gasteiger charge is -2.28. The predicted molar refractivity (Wildman–Crippen MR) is 88.0 cm³/mol. The quantitative estimate of drug-likeness (QED) is 0.743. The van der Waals surface area contributed by atoms with E-state index in [0.29, 0.717) is 10.6 Å². The highest BCUT2D eigenvalue weighted by Gasteiger charge is 2.48. The minimum absolute atomic E-state index is 0.0441. The Kier molecular flexibility index (Phi) is 4.43. The van der Waals surface area contributed by atoms with Gasteiger partial charge in [0.2, 0.25) is 6.10 Å². The summed E-state index contributed by atoms with van der Waals surface area (Å²) in [5.41, 5.74) is 0.576. The molecule has 130 valence electrons. The van der Waals surface area contributed by atoms with Crippen molar-refractivity contribution in [2.45, 2.75) is 12.3 Å². The van der Waals surface area contributed by atoms with Crippen molar-refractivity contribution in [2.24, 2.45) is 0 Å². The van der Waals surface area contributed by atoms with E-state index in [0.717, 1.165) is 11.6 Å². The molecule has 25 heavy (non-hydrogen) atoms. The minimum atomic E-state index is -4.87. The Morgan fingerprint density at radius 1 is 1.08 bits per heavy atom. The van der Waals surface area contributed by atoms with Crippen molar-refractivity contribution < 1.29 is 27.8 Å². The van der Waals surface area contributed by atoms with Gasteiger partial charge in [0.25, 0.3) is 0 Å². The Bertz CT molecular complexity index is 874. The molecular weight excluding hydrogens is 380 g/mol. The molecule has 0 spiro atoms. The molecule has 3 nitrogen and oxygen atoms in total. The molecule has 0 amide bonds. The van der Waals surface area contributed by atoms with Crippen LogP contribution in [0.4, 0.5) is 13.2 Å². The van der Waals surface area contributed by atoms with Crippen molar-refractivity contribution in [1.82, 2.24) is 0 Å². The molecule has 0 saturated heterocycles. The second kappa shape index (κ2) is 6.28. The van der Waals surface area contributed by atoms with Crippen LogP contribution in [0.25, 0.3) is 17.2 Å². The van der Waals surface area contributed by atoms with Gasteiger partial charge in [-0.05, 0) is 41.5 Å². The molecule has 0 saturated carbocycles. The Morgan fingerprint density at radius 3 is 2.28 bits per heavy atom. The number of carboxylic acids is 1. The average Bonchev–Trinajstić information content (AvgIpc) is 2.53. The summed E-state index contributed by atoms with van der Waals surface area (Å²) < 4.78 is 44.1. The normalized spacial score (nSPS) is 16.7. The fourth-order valence-corrected chi connectivity index (χ4v) is 2.89. The predicted octanol–water partition coefficient (Wildman–Crippen LogP) is 5.45. The summed E-state index contributed by atoms with van der Waals surface area (Å²) >= 11 is 11.9. The van der Waals surface area contributed by atoms with E-state index in [2.05, 4.69) is 0 Å². The van der Waals surface area contributed by atoms with Crippen LogP contribution in [-0.4, -0.2) is 23.4 Å². The van der Waals surface area contributed by atoms with Gasteiger partial charge in [-0.2, -0.15) is 13.2 Å². The maximum Gasteiger partial charge on any atom is 0.430 e. The Balaban J connectivity index is 2.13. The van der Waals surface area contributed by atoms with Crippen LogP contribution in [0.2, 0.25) is 10.0 Å². The molecule has 0 radical (unpaired) electrons. The van der Waals surface area contributed by atoms with Crippen LogP contribution in [-0.2, 0) is 4.79 Å². The highest BCUT2D eigenvalue weighted by Crippen LogP contribution is 2.43. The van der Waals surface area contributed by atoms with E-state index in [1.165, 1.54) is 12.1 Å². The Hall–Kier alpha value is -2.18. The first-order chi connectivity index (χ1) is 11.7. The van der Waals surface area contributed by atoms with Gasteiger partial charge in [-0.3, -0.25) is 0 Å². The van der Waals surface area contributed by atoms with E-state index in [-0.39, 0.29) is 16.3 Å². The molecule has 1 atom stereocenters. The van der Waals surface area contributed by atoms with E-state index in [9.17, 15) is 18.0 Å². The summed E-state index contributed by atoms with van der Waals surface area (Å²) in [5.74, 6) is -1.91. The van der Waals surface area contributed by atoms with E-state index in [4.69, 9.17) is 33.0 Å². The zero-order chi connectivity index (χ0) is 18.4. The number of fused-ring (bicyclic) bond motifs is 1. The van der Waals surface area contributed by atoms with Crippen molar-refractivity contribution in [1.29, 1.82) is 0 Å². The standard InChI is InChI=1S/C17H9Cl2F3O3/c18-11-3-1-8(2-4-11)9-5-10-6-12(16(23)24)15(17(20,21)22)25-14(10)13(19)7-9/h1-7,15H,(H,23,24). The SMILES string of the molecule is O=C(O)C1=Cc2cc(-c3ccc(Cl)cc3)cc(Cl)c2OC1C(F)(F)F. The number of ether oxygens (including phenoxy) is 1. The molecule has 2 aromatic carbocycles. The van der Waals surface area contributed by atoms with Crippen LogP contribution < -0.4 is 4.74 Å². The van der Waals surface area contributed by atoms with Crippen molar-refractivity contribution in [3.63, 3.8) is 0 Å². The van der Waals surface area contributed by atoms with E-state index < -0.39 is 23.8 Å². The van der Waals surface area contributed by atoms with Gasteiger partial charge < -0.3 is 9.84 Å². The monoisotopic (exact) mass is 388 g/mol. The third-order valence-electron chi connectivity index (χ3n) is 3.62. The molecule has 0 aromatic heterocycles. The van der Waals surface area contributed by atoms with Gasteiger partial charge in [-0.15, -0.1) is 0 Å². The molecule has 3 rings (SSSR count). The third kappa shape index (κ3) is 3.45. The molecule has 1 aliphatic rings. The fourth-order valence-electron chi connectivity index (χ4n) is 2.50. The third-order valence-corrected chi connectivity index (χ3v) is 4.16. The van der Waals surface area contributed by atoms with Gasteiger partial charge in [0.1, 0.15) is 5.75 Å². The lowest BCUT2D eigenvalue weighted by molar-refractivity contribution is -0.187. The van der Waals surface area contributed by atoms with Crippen LogP contribution in [0, 0.1) is 0 Å². The van der Waals surface area contributed by atoms with Crippen LogP contribution in [0.3, 0.4) is 0 Å². The number of hydrogen-bond acceptors (Lipinski definition) is 2. The molecular formula is C17H9Cl2F3O3. The summed E-state index contributed by atoms with van der Waals surface area (Å²) in [7, 11) is 0. The van der Waals surface area contributed by atoms with Crippen LogP contribution in [0.15, 0.2) is 42.0 Å². The molecule has 1 aliphatic heterocycles. The Morgan fingerprint density at radius 2 is 1.72 bits per heavy atom. The van der Waals surface area contributed by atoms with E-state index in [1.807, 2.05) is 0 Å². The van der Waals surface area contributed by atoms with Crippen LogP contribution in [0.1, 0.15) is 5.56 Å². The zero-order valence-electron chi connectivity index (χ0n) is 12.3. The summed E-state index contributed by atoms with van der Waals surface area (Å²) in [4.78, 5) is 11.2. The molecule has 0 fully saturated rings. The zero-order valence-corrected chi connectivity index (χ0v) is 13.8. The smallest absolute Gasteiger partial charge is 0.430 e. The number of carboxylic acid groups (broad SMARTS) is 1. The molecule has 1 heterocycles. The van der Waals surface area contributed by atoms with E-state index in [1.54, 1.807) is 24.3 Å². The maximum absolute atomic E-state index is 13.1. The summed E-state index contributed by atoms with van der Waals surface area (Å²) in [6.07, 6.45) is -6.51. The van der Waals surface area contributed by atoms with Gasteiger partial charge >= 0.3 is 12.1 Å². The number of aliphatic carboxylic acids is 1. The largest absolute Gasteiger partial charge is 0.478 e. The van der Waals surface area contributed by atoms with Gasteiger partial charge in [0.15, 0.2) is 0 Å². The summed E-state index contributed by atoms with van der Waals surface area (Å²) in [6.45, 7) is 0. The first-order valence-electron chi connectivity index (χ1n) is 6.94. The highest BCUT2D eigenvalue weighted by atomic mass is 35.5. The van der Waals surface area contributed by atoms with Gasteiger partial charge in [0.05, 0.1) is 10.6 Å². The molecule has 0 bridgehead atoms. The van der Waals surface area contributed by atoms with Gasteiger partial charge in [-0.1, -0.05) is 35.3 Å². The van der Waals surface area contributed by atoms with Crippen molar-refractivity contribution in [3.8, 4) is 16.9 Å². The Labute approximate surface area is 150 Å². The van der Waals surface area contributed by atoms with Crippen LogP contribution >= 0.6 is 23.2 Å². The van der Waals surface area contributed by atoms with Crippen molar-refractivity contribution in [2.75, 3.05) is 0 Å². The number of carbonyl (C=O) groups is 1. The van der Waals surface area contributed by atoms with Crippen LogP contribution in [0.5, 0.6) is 5.75 Å². The topological polar surface area (TPSA) is 46.5 Å². The van der Waals surface area contributed by atoms with Crippen molar-refractivity contribution in [3.05, 3.63) is 57.6 Å². The minimum Gasteiger partial charge on any atom is -0.478 e. The molecule has 0 aliphatic carbocycles. The first-order valence-corrected chi connectivity index (χ1v) is 7.70. The second-order valence-corrected chi connectivity index (χ2v) is 6.17. The van der Waals surface area contributed by atoms with Gasteiger partial charge in [-0.25, -0.2) is 4.79 Å². The maximum atomic E-state index is 13.1.